The molecule has 0 spiro atoms. The van der Waals surface area contributed by atoms with E-state index in [2.05, 4.69) is 20.3 Å². The van der Waals surface area contributed by atoms with Gasteiger partial charge in [-0.15, -0.1) is 0 Å². The summed E-state index contributed by atoms with van der Waals surface area (Å²) in [7, 11) is 1.49. The minimum Gasteiger partial charge on any atom is -0.494 e. The number of benzene rings is 1. The Morgan fingerprint density at radius 1 is 1.18 bits per heavy atom. The van der Waals surface area contributed by atoms with Crippen LogP contribution < -0.4 is 15.0 Å². The van der Waals surface area contributed by atoms with Crippen molar-refractivity contribution in [3.63, 3.8) is 0 Å². The zero-order valence-corrected chi connectivity index (χ0v) is 22.3. The Morgan fingerprint density at radius 2 is 2.00 bits per heavy atom. The number of rotatable bonds is 11. The summed E-state index contributed by atoms with van der Waals surface area (Å²) in [6, 6.07) is 9.21. The summed E-state index contributed by atoms with van der Waals surface area (Å²) in [6.45, 7) is 4.36. The molecule has 202 valence electrons. The van der Waals surface area contributed by atoms with Gasteiger partial charge in [0.1, 0.15) is 29.7 Å². The van der Waals surface area contributed by atoms with Crippen LogP contribution in [0, 0.1) is 0 Å². The average Bonchev–Trinajstić information content (AvgIpc) is 3.45. The number of methoxy groups -OCH3 is 1. The van der Waals surface area contributed by atoms with Gasteiger partial charge in [-0.05, 0) is 31.0 Å². The lowest BCUT2D eigenvalue weighted by atomic mass is 10.1. The van der Waals surface area contributed by atoms with E-state index in [0.717, 1.165) is 11.3 Å². The molecule has 0 aliphatic carbocycles. The molecule has 2 aromatic heterocycles. The first kappa shape index (κ1) is 27.3. The van der Waals surface area contributed by atoms with E-state index < -0.39 is 0 Å². The van der Waals surface area contributed by atoms with Gasteiger partial charge >= 0.3 is 0 Å². The lowest BCUT2D eigenvalue weighted by molar-refractivity contribution is -0.136. The van der Waals surface area contributed by atoms with Crippen molar-refractivity contribution in [3.05, 3.63) is 59.8 Å². The summed E-state index contributed by atoms with van der Waals surface area (Å²) in [4.78, 5) is 42.3. The predicted molar refractivity (Wildman–Crippen MR) is 143 cm³/mol. The van der Waals surface area contributed by atoms with Crippen LogP contribution in [-0.2, 0) is 20.7 Å². The Kier molecular flexibility index (Phi) is 9.50. The quantitative estimate of drug-likeness (QED) is 0.367. The molecule has 11 nitrogen and oxygen atoms in total. The summed E-state index contributed by atoms with van der Waals surface area (Å²) < 4.78 is 12.2. The number of amides is 2. The van der Waals surface area contributed by atoms with Crippen molar-refractivity contribution in [1.82, 2.24) is 29.7 Å². The van der Waals surface area contributed by atoms with Gasteiger partial charge in [-0.1, -0.05) is 23.7 Å². The van der Waals surface area contributed by atoms with Crippen molar-refractivity contribution in [2.45, 2.75) is 25.8 Å². The molecule has 38 heavy (non-hydrogen) atoms. The SMILES string of the molecule is CCOc1ccc(CCNC(=O)CC2CN(C(=O)COC)CCN2c2cc(Cl)nc(-n3ccnc3)n2)cc1. The Hall–Kier alpha value is -3.70. The number of carbonyl (C=O) groups excluding carboxylic acids is 2. The van der Waals surface area contributed by atoms with Gasteiger partial charge in [-0.25, -0.2) is 9.97 Å². The second-order valence-corrected chi connectivity index (χ2v) is 9.21. The highest BCUT2D eigenvalue weighted by atomic mass is 35.5. The number of imidazole rings is 1. The van der Waals surface area contributed by atoms with Crippen LogP contribution in [0.25, 0.3) is 5.95 Å². The highest BCUT2D eigenvalue weighted by Crippen LogP contribution is 2.24. The molecule has 1 aliphatic rings. The van der Waals surface area contributed by atoms with Gasteiger partial charge in [0.2, 0.25) is 17.8 Å². The number of ether oxygens (including phenoxy) is 2. The summed E-state index contributed by atoms with van der Waals surface area (Å²) in [5.74, 6) is 1.56. The minimum atomic E-state index is -0.309. The van der Waals surface area contributed by atoms with Crippen molar-refractivity contribution in [1.29, 1.82) is 0 Å². The Morgan fingerprint density at radius 3 is 2.71 bits per heavy atom. The van der Waals surface area contributed by atoms with Crippen molar-refractivity contribution < 1.29 is 19.1 Å². The fourth-order valence-electron chi connectivity index (χ4n) is 4.36. The predicted octanol–water partition coefficient (Wildman–Crippen LogP) is 2.13. The van der Waals surface area contributed by atoms with E-state index in [9.17, 15) is 9.59 Å². The normalized spacial score (nSPS) is 15.4. The van der Waals surface area contributed by atoms with Crippen LogP contribution in [0.3, 0.4) is 0 Å². The monoisotopic (exact) mass is 541 g/mol. The van der Waals surface area contributed by atoms with E-state index >= 15 is 0 Å². The van der Waals surface area contributed by atoms with Gasteiger partial charge in [-0.2, -0.15) is 4.98 Å². The van der Waals surface area contributed by atoms with Crippen LogP contribution in [0.15, 0.2) is 49.1 Å². The molecule has 12 heteroatoms. The van der Waals surface area contributed by atoms with E-state index in [1.165, 1.54) is 7.11 Å². The first-order chi connectivity index (χ1) is 18.5. The van der Waals surface area contributed by atoms with Crippen molar-refractivity contribution in [3.8, 4) is 11.7 Å². The highest BCUT2D eigenvalue weighted by molar-refractivity contribution is 6.29. The van der Waals surface area contributed by atoms with Crippen LogP contribution in [0.1, 0.15) is 18.9 Å². The maximum absolute atomic E-state index is 13.0. The van der Waals surface area contributed by atoms with Crippen LogP contribution in [0.4, 0.5) is 5.82 Å². The molecular weight excluding hydrogens is 510 g/mol. The largest absolute Gasteiger partial charge is 0.494 e. The molecule has 1 fully saturated rings. The molecule has 1 saturated heterocycles. The number of hydrogen-bond acceptors (Lipinski definition) is 8. The van der Waals surface area contributed by atoms with Gasteiger partial charge in [0.05, 0.1) is 12.6 Å². The van der Waals surface area contributed by atoms with Crippen molar-refractivity contribution in [2.24, 2.45) is 0 Å². The highest BCUT2D eigenvalue weighted by Gasteiger charge is 2.32. The zero-order chi connectivity index (χ0) is 26.9. The fourth-order valence-corrected chi connectivity index (χ4v) is 4.53. The van der Waals surface area contributed by atoms with E-state index in [1.807, 2.05) is 36.1 Å². The molecule has 0 saturated carbocycles. The van der Waals surface area contributed by atoms with E-state index in [-0.39, 0.29) is 36.0 Å². The van der Waals surface area contributed by atoms with Crippen molar-refractivity contribution in [2.75, 3.05) is 51.4 Å². The summed E-state index contributed by atoms with van der Waals surface area (Å²) in [5.41, 5.74) is 1.10. The van der Waals surface area contributed by atoms with Gasteiger partial charge in [0.25, 0.3) is 0 Å². The van der Waals surface area contributed by atoms with Gasteiger partial charge < -0.3 is 24.6 Å². The third-order valence-corrected chi connectivity index (χ3v) is 6.39. The molecular formula is C26H32ClN7O4. The van der Waals surface area contributed by atoms with E-state index in [1.54, 1.807) is 34.3 Å². The topological polar surface area (TPSA) is 115 Å². The molecule has 0 bridgehead atoms. The molecule has 1 N–H and O–H groups in total. The first-order valence-electron chi connectivity index (χ1n) is 12.5. The lowest BCUT2D eigenvalue weighted by Gasteiger charge is -2.42. The molecule has 0 radical (unpaired) electrons. The summed E-state index contributed by atoms with van der Waals surface area (Å²) in [6.07, 6.45) is 5.83. The second kappa shape index (κ2) is 13.2. The van der Waals surface area contributed by atoms with E-state index in [0.29, 0.717) is 51.0 Å². The number of nitrogens with zero attached hydrogens (tertiary/aromatic N) is 6. The molecule has 1 atom stereocenters. The molecule has 3 heterocycles. The standard InChI is InChI=1S/C26H32ClN7O4/c1-3-38-21-6-4-19(5-7-21)8-9-29-24(35)14-20-16-32(25(36)17-37-2)12-13-34(20)23-15-22(27)30-26(31-23)33-11-10-28-18-33/h4-7,10-11,15,18,20H,3,8-9,12-14,16-17H2,1-2H3,(H,29,35). The van der Waals surface area contributed by atoms with Crippen LogP contribution in [0.2, 0.25) is 5.15 Å². The summed E-state index contributed by atoms with van der Waals surface area (Å²) in [5, 5.41) is 3.28. The third-order valence-electron chi connectivity index (χ3n) is 6.19. The van der Waals surface area contributed by atoms with Crippen LogP contribution >= 0.6 is 11.6 Å². The molecule has 2 amide bonds. The average molecular weight is 542 g/mol. The Balaban J connectivity index is 1.44. The maximum atomic E-state index is 13.0. The van der Waals surface area contributed by atoms with E-state index in [4.69, 9.17) is 21.1 Å². The number of piperazine rings is 1. The minimum absolute atomic E-state index is 0.00881. The van der Waals surface area contributed by atoms with Crippen LogP contribution in [-0.4, -0.2) is 88.8 Å². The Bertz CT molecular complexity index is 1210. The number of hydrogen-bond donors (Lipinski definition) is 1. The molecule has 3 aromatic rings. The first-order valence-corrected chi connectivity index (χ1v) is 12.9. The smallest absolute Gasteiger partial charge is 0.248 e. The number of nitrogens with one attached hydrogen (secondary N) is 1. The summed E-state index contributed by atoms with van der Waals surface area (Å²) >= 11 is 6.33. The number of halogens is 1. The molecule has 1 aromatic carbocycles. The fraction of sp³-hybridized carbons (Fsp3) is 0.423. The second-order valence-electron chi connectivity index (χ2n) is 8.82. The molecule has 4 rings (SSSR count). The number of anilines is 1. The van der Waals surface area contributed by atoms with Crippen molar-refractivity contribution >= 4 is 29.2 Å². The maximum Gasteiger partial charge on any atom is 0.248 e. The number of aromatic nitrogens is 4. The zero-order valence-electron chi connectivity index (χ0n) is 21.5. The van der Waals surface area contributed by atoms with Gasteiger partial charge in [0, 0.05) is 58.2 Å². The van der Waals surface area contributed by atoms with Gasteiger partial charge in [0.15, 0.2) is 0 Å². The number of carbonyl (C=O) groups is 2. The lowest BCUT2D eigenvalue weighted by Crippen LogP contribution is -2.57. The van der Waals surface area contributed by atoms with Crippen LogP contribution in [0.5, 0.6) is 5.75 Å². The Labute approximate surface area is 226 Å². The third kappa shape index (κ3) is 7.20. The van der Waals surface area contributed by atoms with Gasteiger partial charge in [-0.3, -0.25) is 14.2 Å². The molecule has 1 aliphatic heterocycles. The molecule has 1 unspecified atom stereocenters.